The number of piperidine rings is 1. The molecule has 0 saturated carbocycles. The predicted molar refractivity (Wildman–Crippen MR) is 94.1 cm³/mol. The summed E-state index contributed by atoms with van der Waals surface area (Å²) in [6, 6.07) is 7.37. The van der Waals surface area contributed by atoms with Gasteiger partial charge in [0.25, 0.3) is 11.7 Å². The summed E-state index contributed by atoms with van der Waals surface area (Å²) >= 11 is 0.745. The molecule has 0 radical (unpaired) electrons. The van der Waals surface area contributed by atoms with Crippen molar-refractivity contribution in [2.45, 2.75) is 25.4 Å². The Bertz CT molecular complexity index is 959. The van der Waals surface area contributed by atoms with Gasteiger partial charge in [-0.15, -0.1) is 15.3 Å². The zero-order valence-electron chi connectivity index (χ0n) is 14.0. The third-order valence-corrected chi connectivity index (χ3v) is 5.18. The van der Waals surface area contributed by atoms with E-state index in [1.54, 1.807) is 12.1 Å². The third-order valence-electron chi connectivity index (χ3n) is 4.29. The van der Waals surface area contributed by atoms with Crippen LogP contribution in [0.2, 0.25) is 0 Å². The number of halogens is 3. The number of hydrogen-bond donors (Lipinski definition) is 1. The number of fused-ring (bicyclic) bond motifs is 1. The number of hydrogen-bond acceptors (Lipinski definition) is 6. The first-order chi connectivity index (χ1) is 12.9. The van der Waals surface area contributed by atoms with Gasteiger partial charge < -0.3 is 10.2 Å². The molecule has 1 aromatic carbocycles. The molecule has 2 aromatic heterocycles. The van der Waals surface area contributed by atoms with Gasteiger partial charge in [0.05, 0.1) is 0 Å². The van der Waals surface area contributed by atoms with Crippen LogP contribution in [0.25, 0.3) is 4.96 Å². The fourth-order valence-corrected chi connectivity index (χ4v) is 3.71. The van der Waals surface area contributed by atoms with Crippen molar-refractivity contribution in [3.63, 3.8) is 0 Å². The van der Waals surface area contributed by atoms with Gasteiger partial charge in [-0.25, -0.2) is 0 Å². The smallest absolute Gasteiger partial charge is 0.372 e. The Morgan fingerprint density at radius 1 is 1.07 bits per heavy atom. The first kappa shape index (κ1) is 17.7. The van der Waals surface area contributed by atoms with Gasteiger partial charge in [0, 0.05) is 24.5 Å². The van der Waals surface area contributed by atoms with Crippen LogP contribution in [0.3, 0.4) is 0 Å². The Morgan fingerprint density at radius 2 is 1.78 bits per heavy atom. The normalized spacial score (nSPS) is 15.3. The van der Waals surface area contributed by atoms with E-state index in [4.69, 9.17) is 0 Å². The Balaban J connectivity index is 1.49. The molecule has 1 N–H and O–H groups in total. The molecule has 1 amide bonds. The monoisotopic (exact) mass is 396 g/mol. The molecular formula is C16H15F3N6OS. The molecule has 1 aliphatic heterocycles. The van der Waals surface area contributed by atoms with E-state index in [0.29, 0.717) is 10.2 Å². The largest absolute Gasteiger partial charge is 0.453 e. The van der Waals surface area contributed by atoms with Crippen LogP contribution in [-0.4, -0.2) is 38.8 Å². The summed E-state index contributed by atoms with van der Waals surface area (Å²) in [4.78, 5) is 14.5. The van der Waals surface area contributed by atoms with Crippen molar-refractivity contribution >= 4 is 33.6 Å². The van der Waals surface area contributed by atoms with Crippen LogP contribution in [0.5, 0.6) is 0 Å². The van der Waals surface area contributed by atoms with E-state index in [9.17, 15) is 18.0 Å². The van der Waals surface area contributed by atoms with Crippen LogP contribution >= 0.6 is 11.3 Å². The molecule has 3 aromatic rings. The average Bonchev–Trinajstić information content (AvgIpc) is 3.23. The highest BCUT2D eigenvalue weighted by atomic mass is 32.1. The van der Waals surface area contributed by atoms with Crippen LogP contribution in [0.1, 0.15) is 34.9 Å². The summed E-state index contributed by atoms with van der Waals surface area (Å²) in [5, 5.41) is 12.7. The maximum atomic E-state index is 12.8. The van der Waals surface area contributed by atoms with Crippen molar-refractivity contribution in [1.29, 1.82) is 0 Å². The van der Waals surface area contributed by atoms with Crippen molar-refractivity contribution in [2.24, 2.45) is 0 Å². The third kappa shape index (κ3) is 3.59. The van der Waals surface area contributed by atoms with E-state index in [1.165, 1.54) is 19.3 Å². The van der Waals surface area contributed by atoms with E-state index in [-0.39, 0.29) is 9.97 Å². The zero-order valence-corrected chi connectivity index (χ0v) is 14.8. The molecule has 142 valence electrons. The second kappa shape index (κ2) is 6.80. The minimum absolute atomic E-state index is 0.0899. The van der Waals surface area contributed by atoms with Gasteiger partial charge in [0.2, 0.25) is 9.97 Å². The molecule has 0 atom stereocenters. The molecule has 27 heavy (non-hydrogen) atoms. The summed E-state index contributed by atoms with van der Waals surface area (Å²) in [5.41, 5.74) is 1.63. The molecule has 0 unspecified atom stereocenters. The molecule has 0 aliphatic carbocycles. The summed E-state index contributed by atoms with van der Waals surface area (Å²) in [5.74, 6) is -1.84. The Morgan fingerprint density at radius 3 is 2.44 bits per heavy atom. The minimum atomic E-state index is -4.69. The van der Waals surface area contributed by atoms with Gasteiger partial charge in [0.1, 0.15) is 0 Å². The highest BCUT2D eigenvalue weighted by Gasteiger charge is 2.38. The van der Waals surface area contributed by atoms with E-state index in [2.05, 4.69) is 25.5 Å². The summed E-state index contributed by atoms with van der Waals surface area (Å²) < 4.78 is 39.0. The van der Waals surface area contributed by atoms with Crippen molar-refractivity contribution < 1.29 is 18.0 Å². The maximum absolute atomic E-state index is 12.8. The lowest BCUT2D eigenvalue weighted by Gasteiger charge is -2.28. The molecular weight excluding hydrogens is 381 g/mol. The van der Waals surface area contributed by atoms with Gasteiger partial charge >= 0.3 is 6.18 Å². The highest BCUT2D eigenvalue weighted by Crippen LogP contribution is 2.29. The number of rotatable bonds is 3. The predicted octanol–water partition coefficient (Wildman–Crippen LogP) is 3.45. The SMILES string of the molecule is O=C(Nc1ccc(N2CCCCC2)cc1)c1nn2c(C(F)(F)F)nnc2s1. The van der Waals surface area contributed by atoms with E-state index < -0.39 is 17.9 Å². The average molecular weight is 396 g/mol. The highest BCUT2D eigenvalue weighted by molar-refractivity contribution is 7.18. The summed E-state index contributed by atoms with van der Waals surface area (Å²) in [6.45, 7) is 2.03. The van der Waals surface area contributed by atoms with E-state index in [0.717, 1.165) is 30.1 Å². The molecule has 11 heteroatoms. The van der Waals surface area contributed by atoms with E-state index >= 15 is 0 Å². The number of anilines is 2. The first-order valence-electron chi connectivity index (χ1n) is 8.37. The van der Waals surface area contributed by atoms with Crippen molar-refractivity contribution in [3.05, 3.63) is 35.1 Å². The van der Waals surface area contributed by atoms with Gasteiger partial charge in [-0.1, -0.05) is 11.3 Å². The van der Waals surface area contributed by atoms with Crippen LogP contribution in [0, 0.1) is 0 Å². The molecule has 0 spiro atoms. The van der Waals surface area contributed by atoms with Gasteiger partial charge in [-0.2, -0.15) is 17.7 Å². The van der Waals surface area contributed by atoms with Gasteiger partial charge in [-0.05, 0) is 43.5 Å². The summed E-state index contributed by atoms with van der Waals surface area (Å²) in [6.07, 6.45) is -1.11. The lowest BCUT2D eigenvalue weighted by molar-refractivity contribution is -0.146. The topological polar surface area (TPSA) is 75.4 Å². The van der Waals surface area contributed by atoms with Gasteiger partial charge in [0.15, 0.2) is 0 Å². The number of amides is 1. The lowest BCUT2D eigenvalue weighted by Crippen LogP contribution is -2.29. The fraction of sp³-hybridized carbons (Fsp3) is 0.375. The quantitative estimate of drug-likeness (QED) is 0.734. The number of benzene rings is 1. The molecule has 1 saturated heterocycles. The van der Waals surface area contributed by atoms with Crippen LogP contribution < -0.4 is 10.2 Å². The number of carbonyl (C=O) groups is 1. The molecule has 1 aliphatic rings. The zero-order chi connectivity index (χ0) is 19.0. The van der Waals surface area contributed by atoms with Crippen LogP contribution in [-0.2, 0) is 6.18 Å². The van der Waals surface area contributed by atoms with Crippen molar-refractivity contribution in [3.8, 4) is 0 Å². The van der Waals surface area contributed by atoms with Crippen LogP contribution in [0.4, 0.5) is 24.5 Å². The molecule has 4 rings (SSSR count). The number of alkyl halides is 3. The second-order valence-electron chi connectivity index (χ2n) is 6.17. The number of carbonyl (C=O) groups excluding carboxylic acids is 1. The molecule has 7 nitrogen and oxygen atoms in total. The van der Waals surface area contributed by atoms with Crippen molar-refractivity contribution in [2.75, 3.05) is 23.3 Å². The Kier molecular flexibility index (Phi) is 4.46. The van der Waals surface area contributed by atoms with Crippen LogP contribution in [0.15, 0.2) is 24.3 Å². The fourth-order valence-electron chi connectivity index (χ4n) is 2.98. The van der Waals surface area contributed by atoms with E-state index in [1.807, 2.05) is 12.1 Å². The molecule has 3 heterocycles. The summed E-state index contributed by atoms with van der Waals surface area (Å²) in [7, 11) is 0. The number of aromatic nitrogens is 4. The van der Waals surface area contributed by atoms with Crippen molar-refractivity contribution in [1.82, 2.24) is 19.8 Å². The Labute approximate surface area is 155 Å². The number of nitrogens with one attached hydrogen (secondary N) is 1. The Hall–Kier alpha value is -2.69. The lowest BCUT2D eigenvalue weighted by atomic mass is 10.1. The minimum Gasteiger partial charge on any atom is -0.372 e. The van der Waals surface area contributed by atoms with Gasteiger partial charge in [-0.3, -0.25) is 4.79 Å². The number of nitrogens with zero attached hydrogens (tertiary/aromatic N) is 5. The molecule has 0 bridgehead atoms. The standard InChI is InChI=1S/C16H15F3N6OS/c17-16(18,19)14-21-22-15-25(14)23-13(27-15)12(26)20-10-4-6-11(7-5-10)24-8-2-1-3-9-24/h4-7H,1-3,8-9H2,(H,20,26). The maximum Gasteiger partial charge on any atom is 0.453 e. The second-order valence-corrected chi connectivity index (χ2v) is 7.13. The molecule has 1 fully saturated rings. The first-order valence-corrected chi connectivity index (χ1v) is 9.19.